The van der Waals surface area contributed by atoms with E-state index in [0.717, 1.165) is 16.1 Å². The van der Waals surface area contributed by atoms with E-state index >= 15 is 0 Å². The second kappa shape index (κ2) is 7.45. The van der Waals surface area contributed by atoms with Gasteiger partial charge in [-0.05, 0) is 30.7 Å². The molecular formula is C15H17ClN2O2S. The zero-order valence-corrected chi connectivity index (χ0v) is 13.4. The molecule has 0 aliphatic rings. The summed E-state index contributed by atoms with van der Waals surface area (Å²) in [6.45, 7) is 2.33. The molecule has 0 spiro atoms. The van der Waals surface area contributed by atoms with Crippen LogP contribution in [0, 0.1) is 6.92 Å². The molecule has 21 heavy (non-hydrogen) atoms. The molecule has 2 N–H and O–H groups in total. The van der Waals surface area contributed by atoms with Crippen LogP contribution in [0.3, 0.4) is 0 Å². The molecule has 1 aromatic heterocycles. The molecule has 2 amide bonds. The number of urea groups is 1. The Bertz CT molecular complexity index is 615. The van der Waals surface area contributed by atoms with Gasteiger partial charge in [-0.1, -0.05) is 29.8 Å². The summed E-state index contributed by atoms with van der Waals surface area (Å²) in [5.41, 5.74) is 1.81. The van der Waals surface area contributed by atoms with Crippen LogP contribution < -0.4 is 10.6 Å². The number of carbonyl (C=O) groups is 1. The standard InChI is InChI=1S/C15H17ClN2O2S/c1-10-5-3-4-6-11(10)18-15(19)17-9-12(20-2)13-7-8-14(16)21-13/h3-8,12H,9H2,1-2H3,(H2,17,18,19). The number of rotatable bonds is 5. The van der Waals surface area contributed by atoms with Crippen LogP contribution in [0.2, 0.25) is 4.34 Å². The lowest BCUT2D eigenvalue weighted by atomic mass is 10.2. The van der Waals surface area contributed by atoms with Gasteiger partial charge in [0.1, 0.15) is 6.10 Å². The second-order valence-corrected chi connectivity index (χ2v) is 6.26. The van der Waals surface area contributed by atoms with E-state index in [1.54, 1.807) is 7.11 Å². The minimum atomic E-state index is -0.256. The number of hydrogen-bond donors (Lipinski definition) is 2. The summed E-state index contributed by atoms with van der Waals surface area (Å²) in [7, 11) is 1.61. The van der Waals surface area contributed by atoms with Gasteiger partial charge < -0.3 is 15.4 Å². The first kappa shape index (κ1) is 15.8. The number of nitrogens with one attached hydrogen (secondary N) is 2. The van der Waals surface area contributed by atoms with Crippen molar-refractivity contribution in [3.05, 3.63) is 51.2 Å². The van der Waals surface area contributed by atoms with Crippen molar-refractivity contribution in [1.82, 2.24) is 5.32 Å². The Labute approximate surface area is 133 Å². The molecule has 0 aliphatic heterocycles. The van der Waals surface area contributed by atoms with E-state index in [1.165, 1.54) is 11.3 Å². The summed E-state index contributed by atoms with van der Waals surface area (Å²) in [6.07, 6.45) is -0.204. The van der Waals surface area contributed by atoms with Crippen molar-refractivity contribution in [1.29, 1.82) is 0 Å². The third-order valence-electron chi connectivity index (χ3n) is 3.04. The number of aryl methyl sites for hydroxylation is 1. The van der Waals surface area contributed by atoms with Gasteiger partial charge in [0.05, 0.1) is 10.9 Å². The Morgan fingerprint density at radius 3 is 2.71 bits per heavy atom. The maximum Gasteiger partial charge on any atom is 0.319 e. The molecule has 1 atom stereocenters. The molecule has 2 aromatic rings. The summed E-state index contributed by atoms with van der Waals surface area (Å²) in [6, 6.07) is 11.1. The fourth-order valence-corrected chi connectivity index (χ4v) is 3.01. The zero-order valence-electron chi connectivity index (χ0n) is 11.9. The first-order chi connectivity index (χ1) is 10.1. The Morgan fingerprint density at radius 2 is 2.10 bits per heavy atom. The van der Waals surface area contributed by atoms with Gasteiger partial charge in [0.25, 0.3) is 0 Å². The van der Waals surface area contributed by atoms with Gasteiger partial charge in [0.2, 0.25) is 0 Å². The molecular weight excluding hydrogens is 308 g/mol. The van der Waals surface area contributed by atoms with Crippen molar-refractivity contribution >= 4 is 34.7 Å². The van der Waals surface area contributed by atoms with E-state index in [9.17, 15) is 4.79 Å². The highest BCUT2D eigenvalue weighted by molar-refractivity contribution is 7.16. The Hall–Kier alpha value is -1.56. The van der Waals surface area contributed by atoms with E-state index in [0.29, 0.717) is 10.9 Å². The summed E-state index contributed by atoms with van der Waals surface area (Å²) in [5, 5.41) is 5.62. The first-order valence-electron chi connectivity index (χ1n) is 6.48. The van der Waals surface area contributed by atoms with E-state index in [4.69, 9.17) is 16.3 Å². The average molecular weight is 325 g/mol. The molecule has 0 fully saturated rings. The normalized spacial score (nSPS) is 12.0. The van der Waals surface area contributed by atoms with Crippen LogP contribution >= 0.6 is 22.9 Å². The van der Waals surface area contributed by atoms with Gasteiger partial charge in [-0.15, -0.1) is 11.3 Å². The summed E-state index contributed by atoms with van der Waals surface area (Å²) in [5.74, 6) is 0. The van der Waals surface area contributed by atoms with Crippen LogP contribution in [0.4, 0.5) is 10.5 Å². The Kier molecular flexibility index (Phi) is 5.61. The topological polar surface area (TPSA) is 50.4 Å². The number of carbonyl (C=O) groups excluding carboxylic acids is 1. The minimum absolute atomic E-state index is 0.204. The van der Waals surface area contributed by atoms with Gasteiger partial charge >= 0.3 is 6.03 Å². The van der Waals surface area contributed by atoms with Crippen LogP contribution in [0.25, 0.3) is 0 Å². The fraction of sp³-hybridized carbons (Fsp3) is 0.267. The van der Waals surface area contributed by atoms with Crippen molar-refractivity contribution in [2.75, 3.05) is 19.0 Å². The van der Waals surface area contributed by atoms with Gasteiger partial charge in [-0.2, -0.15) is 0 Å². The largest absolute Gasteiger partial charge is 0.374 e. The molecule has 112 valence electrons. The molecule has 1 heterocycles. The molecule has 1 unspecified atom stereocenters. The molecule has 0 saturated heterocycles. The van der Waals surface area contributed by atoms with Crippen LogP contribution in [0.15, 0.2) is 36.4 Å². The van der Waals surface area contributed by atoms with E-state index in [-0.39, 0.29) is 12.1 Å². The van der Waals surface area contributed by atoms with E-state index in [1.807, 2.05) is 43.3 Å². The maximum atomic E-state index is 11.9. The monoisotopic (exact) mass is 324 g/mol. The van der Waals surface area contributed by atoms with Gasteiger partial charge in [-0.25, -0.2) is 4.79 Å². The Morgan fingerprint density at radius 1 is 1.33 bits per heavy atom. The molecule has 0 radical (unpaired) electrons. The van der Waals surface area contributed by atoms with Crippen molar-refractivity contribution in [2.24, 2.45) is 0 Å². The summed E-state index contributed by atoms with van der Waals surface area (Å²) >= 11 is 7.36. The van der Waals surface area contributed by atoms with Gasteiger partial charge in [-0.3, -0.25) is 0 Å². The van der Waals surface area contributed by atoms with E-state index < -0.39 is 0 Å². The number of anilines is 1. The van der Waals surface area contributed by atoms with Crippen molar-refractivity contribution in [2.45, 2.75) is 13.0 Å². The Balaban J connectivity index is 1.89. The molecule has 0 bridgehead atoms. The molecule has 1 aromatic carbocycles. The lowest BCUT2D eigenvalue weighted by Gasteiger charge is -2.15. The van der Waals surface area contributed by atoms with Gasteiger partial charge in [0.15, 0.2) is 0 Å². The number of halogens is 1. The highest BCUT2D eigenvalue weighted by Crippen LogP contribution is 2.28. The van der Waals surface area contributed by atoms with Crippen LogP contribution in [-0.2, 0) is 4.74 Å². The van der Waals surface area contributed by atoms with Crippen LogP contribution in [0.5, 0.6) is 0 Å². The minimum Gasteiger partial charge on any atom is -0.374 e. The van der Waals surface area contributed by atoms with Gasteiger partial charge in [0, 0.05) is 17.7 Å². The molecule has 0 aliphatic carbocycles. The number of methoxy groups -OCH3 is 1. The third kappa shape index (κ3) is 4.46. The number of ether oxygens (including phenoxy) is 1. The quantitative estimate of drug-likeness (QED) is 0.865. The zero-order chi connectivity index (χ0) is 15.2. The average Bonchev–Trinajstić information content (AvgIpc) is 2.89. The smallest absolute Gasteiger partial charge is 0.319 e. The van der Waals surface area contributed by atoms with Crippen molar-refractivity contribution in [3.8, 4) is 0 Å². The molecule has 0 saturated carbocycles. The first-order valence-corrected chi connectivity index (χ1v) is 7.68. The van der Waals surface area contributed by atoms with Crippen molar-refractivity contribution in [3.63, 3.8) is 0 Å². The van der Waals surface area contributed by atoms with Crippen LogP contribution in [-0.4, -0.2) is 19.7 Å². The predicted octanol–water partition coefficient (Wildman–Crippen LogP) is 4.22. The second-order valence-electron chi connectivity index (χ2n) is 4.52. The molecule has 6 heteroatoms. The lowest BCUT2D eigenvalue weighted by molar-refractivity contribution is 0.107. The molecule has 2 rings (SSSR count). The lowest BCUT2D eigenvalue weighted by Crippen LogP contribution is -2.32. The number of thiophene rings is 1. The third-order valence-corrected chi connectivity index (χ3v) is 4.36. The predicted molar refractivity (Wildman–Crippen MR) is 87.3 cm³/mol. The summed E-state index contributed by atoms with van der Waals surface area (Å²) < 4.78 is 6.09. The van der Waals surface area contributed by atoms with Crippen molar-refractivity contribution < 1.29 is 9.53 Å². The maximum absolute atomic E-state index is 11.9. The highest BCUT2D eigenvalue weighted by atomic mass is 35.5. The summed E-state index contributed by atoms with van der Waals surface area (Å²) in [4.78, 5) is 12.9. The van der Waals surface area contributed by atoms with Crippen LogP contribution in [0.1, 0.15) is 16.5 Å². The molecule has 4 nitrogen and oxygen atoms in total. The number of hydrogen-bond acceptors (Lipinski definition) is 3. The number of para-hydroxylation sites is 1. The highest BCUT2D eigenvalue weighted by Gasteiger charge is 2.14. The SMILES string of the molecule is COC(CNC(=O)Nc1ccccc1C)c1ccc(Cl)s1. The van der Waals surface area contributed by atoms with E-state index in [2.05, 4.69) is 10.6 Å². The number of benzene rings is 1. The fourth-order valence-electron chi connectivity index (χ4n) is 1.87. The number of amides is 2.